The first-order valence-corrected chi connectivity index (χ1v) is 5.24. The number of hydrogen-bond acceptors (Lipinski definition) is 2. The molecular formula is C12H16FNO. The summed E-state index contributed by atoms with van der Waals surface area (Å²) in [5, 5.41) is 3.27. The van der Waals surface area contributed by atoms with Gasteiger partial charge in [0.15, 0.2) is 0 Å². The zero-order valence-electron chi connectivity index (χ0n) is 9.30. The normalized spacial score (nSPS) is 24.3. The van der Waals surface area contributed by atoms with Gasteiger partial charge in [0, 0.05) is 6.07 Å². The van der Waals surface area contributed by atoms with Gasteiger partial charge >= 0.3 is 0 Å². The molecule has 0 radical (unpaired) electrons. The van der Waals surface area contributed by atoms with E-state index in [1.165, 1.54) is 12.1 Å². The van der Waals surface area contributed by atoms with Crippen molar-refractivity contribution in [3.8, 4) is 5.75 Å². The molecule has 1 aliphatic heterocycles. The number of rotatable bonds is 1. The highest BCUT2D eigenvalue weighted by Gasteiger charge is 2.34. The lowest BCUT2D eigenvalue weighted by Crippen LogP contribution is -2.47. The maximum absolute atomic E-state index is 13.0. The minimum absolute atomic E-state index is 0.261. The average molecular weight is 209 g/mol. The first-order valence-electron chi connectivity index (χ1n) is 5.24. The molecule has 2 nitrogen and oxygen atoms in total. The van der Waals surface area contributed by atoms with Crippen molar-refractivity contribution in [1.29, 1.82) is 0 Å². The standard InChI is InChI=1S/C12H16FNO/c1-8(2)12(3)7-14-10-5-4-9(13)6-11(10)15-12/h4-6,8,14H,7H2,1-3H3. The maximum atomic E-state index is 13.0. The molecule has 0 aliphatic carbocycles. The molecule has 0 saturated heterocycles. The number of nitrogens with one attached hydrogen (secondary N) is 1. The monoisotopic (exact) mass is 209 g/mol. The number of fused-ring (bicyclic) bond motifs is 1. The second-order valence-corrected chi connectivity index (χ2v) is 4.56. The predicted molar refractivity (Wildman–Crippen MR) is 58.8 cm³/mol. The zero-order valence-corrected chi connectivity index (χ0v) is 9.30. The van der Waals surface area contributed by atoms with Crippen LogP contribution in [0.15, 0.2) is 18.2 Å². The molecule has 1 unspecified atom stereocenters. The van der Waals surface area contributed by atoms with Gasteiger partial charge in [-0.25, -0.2) is 4.39 Å². The SMILES string of the molecule is CC(C)C1(C)CNc2ccc(F)cc2O1. The summed E-state index contributed by atoms with van der Waals surface area (Å²) in [6, 6.07) is 4.58. The molecule has 0 aromatic heterocycles. The molecule has 1 aliphatic rings. The molecule has 1 heterocycles. The molecule has 1 aromatic rings. The molecule has 2 rings (SSSR count). The van der Waals surface area contributed by atoms with Gasteiger partial charge in [0.1, 0.15) is 17.2 Å². The molecule has 0 fully saturated rings. The molecular weight excluding hydrogens is 193 g/mol. The van der Waals surface area contributed by atoms with E-state index in [2.05, 4.69) is 19.2 Å². The Labute approximate surface area is 89.4 Å². The summed E-state index contributed by atoms with van der Waals surface area (Å²) in [6.45, 7) is 7.00. The van der Waals surface area contributed by atoms with Crippen molar-refractivity contribution in [3.63, 3.8) is 0 Å². The van der Waals surface area contributed by atoms with E-state index in [1.54, 1.807) is 6.07 Å². The third kappa shape index (κ3) is 1.78. The third-order valence-corrected chi connectivity index (χ3v) is 3.14. The van der Waals surface area contributed by atoms with E-state index in [0.29, 0.717) is 11.7 Å². The van der Waals surface area contributed by atoms with Crippen LogP contribution < -0.4 is 10.1 Å². The molecule has 1 atom stereocenters. The Morgan fingerprint density at radius 1 is 1.47 bits per heavy atom. The maximum Gasteiger partial charge on any atom is 0.146 e. The van der Waals surface area contributed by atoms with E-state index >= 15 is 0 Å². The summed E-state index contributed by atoms with van der Waals surface area (Å²) >= 11 is 0. The number of halogens is 1. The van der Waals surface area contributed by atoms with E-state index in [4.69, 9.17) is 4.74 Å². The van der Waals surface area contributed by atoms with Crippen LogP contribution in [-0.2, 0) is 0 Å². The van der Waals surface area contributed by atoms with Crippen molar-refractivity contribution in [1.82, 2.24) is 0 Å². The Morgan fingerprint density at radius 2 is 2.20 bits per heavy atom. The van der Waals surface area contributed by atoms with Crippen LogP contribution in [-0.4, -0.2) is 12.1 Å². The first kappa shape index (κ1) is 10.3. The smallest absolute Gasteiger partial charge is 0.146 e. The van der Waals surface area contributed by atoms with Gasteiger partial charge in [-0.05, 0) is 25.0 Å². The number of benzene rings is 1. The highest BCUT2D eigenvalue weighted by molar-refractivity contribution is 5.58. The lowest BCUT2D eigenvalue weighted by Gasteiger charge is -2.39. The Morgan fingerprint density at radius 3 is 2.87 bits per heavy atom. The van der Waals surface area contributed by atoms with Crippen LogP contribution in [0.25, 0.3) is 0 Å². The minimum Gasteiger partial charge on any atom is -0.483 e. The molecule has 82 valence electrons. The van der Waals surface area contributed by atoms with Gasteiger partial charge in [-0.1, -0.05) is 13.8 Å². The second kappa shape index (κ2) is 3.40. The molecule has 0 bridgehead atoms. The lowest BCUT2D eigenvalue weighted by molar-refractivity contribution is 0.0472. The van der Waals surface area contributed by atoms with Crippen molar-refractivity contribution in [2.24, 2.45) is 5.92 Å². The quantitative estimate of drug-likeness (QED) is 0.767. The number of ether oxygens (including phenoxy) is 1. The third-order valence-electron chi connectivity index (χ3n) is 3.14. The van der Waals surface area contributed by atoms with Crippen LogP contribution in [0.4, 0.5) is 10.1 Å². The van der Waals surface area contributed by atoms with E-state index in [0.717, 1.165) is 12.2 Å². The Balaban J connectivity index is 2.33. The summed E-state index contributed by atoms with van der Waals surface area (Å²) in [7, 11) is 0. The van der Waals surface area contributed by atoms with Gasteiger partial charge < -0.3 is 10.1 Å². The second-order valence-electron chi connectivity index (χ2n) is 4.56. The van der Waals surface area contributed by atoms with Crippen LogP contribution in [0.5, 0.6) is 5.75 Å². The van der Waals surface area contributed by atoms with Gasteiger partial charge in [0.05, 0.1) is 12.2 Å². The fourth-order valence-electron chi connectivity index (χ4n) is 1.61. The van der Waals surface area contributed by atoms with Crippen molar-refractivity contribution >= 4 is 5.69 Å². The van der Waals surface area contributed by atoms with Gasteiger partial charge in [-0.15, -0.1) is 0 Å². The predicted octanol–water partition coefficient (Wildman–Crippen LogP) is 3.04. The highest BCUT2D eigenvalue weighted by atomic mass is 19.1. The van der Waals surface area contributed by atoms with E-state index in [1.807, 2.05) is 6.92 Å². The molecule has 3 heteroatoms. The van der Waals surface area contributed by atoms with Crippen molar-refractivity contribution in [3.05, 3.63) is 24.0 Å². The summed E-state index contributed by atoms with van der Waals surface area (Å²) in [6.07, 6.45) is 0. The molecule has 15 heavy (non-hydrogen) atoms. The number of hydrogen-bond donors (Lipinski definition) is 1. The highest BCUT2D eigenvalue weighted by Crippen LogP contribution is 2.36. The van der Waals surface area contributed by atoms with Crippen LogP contribution in [0.3, 0.4) is 0 Å². The fourth-order valence-corrected chi connectivity index (χ4v) is 1.61. The summed E-state index contributed by atoms with van der Waals surface area (Å²) in [4.78, 5) is 0. The van der Waals surface area contributed by atoms with Gasteiger partial charge in [0.25, 0.3) is 0 Å². The lowest BCUT2D eigenvalue weighted by atomic mass is 9.91. The van der Waals surface area contributed by atoms with Gasteiger partial charge in [-0.3, -0.25) is 0 Å². The largest absolute Gasteiger partial charge is 0.483 e. The topological polar surface area (TPSA) is 21.3 Å². The molecule has 1 aromatic carbocycles. The fraction of sp³-hybridized carbons (Fsp3) is 0.500. The van der Waals surface area contributed by atoms with Gasteiger partial charge in [0.2, 0.25) is 0 Å². The number of anilines is 1. The van der Waals surface area contributed by atoms with Crippen molar-refractivity contribution in [2.75, 3.05) is 11.9 Å². The van der Waals surface area contributed by atoms with E-state index in [-0.39, 0.29) is 11.4 Å². The van der Waals surface area contributed by atoms with E-state index in [9.17, 15) is 4.39 Å². The van der Waals surface area contributed by atoms with Gasteiger partial charge in [-0.2, -0.15) is 0 Å². The van der Waals surface area contributed by atoms with Crippen LogP contribution in [0.1, 0.15) is 20.8 Å². The van der Waals surface area contributed by atoms with Crippen molar-refractivity contribution < 1.29 is 9.13 Å². The molecule has 0 saturated carbocycles. The molecule has 0 spiro atoms. The minimum atomic E-state index is -0.263. The summed E-state index contributed by atoms with van der Waals surface area (Å²) < 4.78 is 18.9. The zero-order chi connectivity index (χ0) is 11.1. The van der Waals surface area contributed by atoms with Crippen LogP contribution >= 0.6 is 0 Å². The summed E-state index contributed by atoms with van der Waals surface area (Å²) in [5.74, 6) is 0.724. The van der Waals surface area contributed by atoms with Crippen LogP contribution in [0, 0.1) is 11.7 Å². The van der Waals surface area contributed by atoms with Crippen LogP contribution in [0.2, 0.25) is 0 Å². The average Bonchev–Trinajstić information content (AvgIpc) is 2.16. The van der Waals surface area contributed by atoms with Crippen molar-refractivity contribution in [2.45, 2.75) is 26.4 Å². The Hall–Kier alpha value is -1.25. The Kier molecular flexibility index (Phi) is 2.33. The molecule has 0 amide bonds. The van der Waals surface area contributed by atoms with E-state index < -0.39 is 0 Å². The first-order chi connectivity index (χ1) is 7.01. The molecule has 1 N–H and O–H groups in total. The Bertz CT molecular complexity index is 378. The summed E-state index contributed by atoms with van der Waals surface area (Å²) in [5.41, 5.74) is 0.607.